The second-order valence-electron chi connectivity index (χ2n) is 6.74. The number of carbonyl (C=O) groups excluding carboxylic acids is 1. The summed E-state index contributed by atoms with van der Waals surface area (Å²) in [5.74, 6) is -1.92. The summed E-state index contributed by atoms with van der Waals surface area (Å²) in [6, 6.07) is 2.22. The van der Waals surface area contributed by atoms with Crippen LogP contribution >= 0.6 is 0 Å². The van der Waals surface area contributed by atoms with Crippen molar-refractivity contribution in [3.63, 3.8) is 0 Å². The van der Waals surface area contributed by atoms with E-state index in [1.54, 1.807) is 11.0 Å². The number of nitrogens with zero attached hydrogens (tertiary/aromatic N) is 3. The summed E-state index contributed by atoms with van der Waals surface area (Å²) < 4.78 is 37.7. The molecule has 26 heavy (non-hydrogen) atoms. The van der Waals surface area contributed by atoms with E-state index in [2.05, 4.69) is 11.6 Å². The average Bonchev–Trinajstić information content (AvgIpc) is 3.04. The molecule has 1 aromatic rings. The topological polar surface area (TPSA) is 73.7 Å². The summed E-state index contributed by atoms with van der Waals surface area (Å²) in [7, 11) is 0. The number of alkyl halides is 3. The third kappa shape index (κ3) is 3.07. The van der Waals surface area contributed by atoms with E-state index in [1.165, 1.54) is 11.0 Å². The highest BCUT2D eigenvalue weighted by Crippen LogP contribution is 2.44. The number of aliphatic carboxylic acids is 1. The third-order valence-electron chi connectivity index (χ3n) is 4.99. The number of halogens is 3. The fourth-order valence-corrected chi connectivity index (χ4v) is 3.78. The number of aromatic nitrogens is 1. The summed E-state index contributed by atoms with van der Waals surface area (Å²) in [5, 5.41) is 9.72. The van der Waals surface area contributed by atoms with E-state index in [0.717, 1.165) is 12.3 Å². The summed E-state index contributed by atoms with van der Waals surface area (Å²) >= 11 is 0. The monoisotopic (exact) mass is 369 g/mol. The molecule has 6 nitrogen and oxygen atoms in total. The molecule has 3 heterocycles. The van der Waals surface area contributed by atoms with Crippen LogP contribution in [0.15, 0.2) is 31.0 Å². The van der Waals surface area contributed by atoms with E-state index in [4.69, 9.17) is 0 Å². The van der Waals surface area contributed by atoms with Crippen molar-refractivity contribution in [2.45, 2.75) is 12.7 Å². The van der Waals surface area contributed by atoms with Crippen molar-refractivity contribution in [2.75, 3.05) is 26.2 Å². The predicted molar refractivity (Wildman–Crippen MR) is 84.9 cm³/mol. The lowest BCUT2D eigenvalue weighted by atomic mass is 9.81. The van der Waals surface area contributed by atoms with Crippen LogP contribution in [-0.2, 0) is 22.3 Å². The number of fused-ring (bicyclic) bond motifs is 1. The van der Waals surface area contributed by atoms with E-state index in [9.17, 15) is 27.9 Å². The lowest BCUT2D eigenvalue weighted by molar-refractivity contribution is -0.149. The van der Waals surface area contributed by atoms with Crippen molar-refractivity contribution in [1.82, 2.24) is 14.8 Å². The van der Waals surface area contributed by atoms with Crippen molar-refractivity contribution in [3.8, 4) is 0 Å². The van der Waals surface area contributed by atoms with Crippen LogP contribution < -0.4 is 0 Å². The molecule has 0 unspecified atom stereocenters. The Hall–Kier alpha value is -2.42. The Balaban J connectivity index is 1.74. The zero-order valence-corrected chi connectivity index (χ0v) is 13.9. The first-order chi connectivity index (χ1) is 12.2. The van der Waals surface area contributed by atoms with Crippen LogP contribution in [0.5, 0.6) is 0 Å². The highest BCUT2D eigenvalue weighted by molar-refractivity contribution is 5.92. The Labute approximate surface area is 147 Å². The molecule has 0 bridgehead atoms. The van der Waals surface area contributed by atoms with Crippen LogP contribution in [0.4, 0.5) is 13.2 Å². The third-order valence-corrected chi connectivity index (χ3v) is 4.99. The first kappa shape index (κ1) is 18.4. The van der Waals surface area contributed by atoms with Gasteiger partial charge in [0.1, 0.15) is 11.1 Å². The largest absolute Gasteiger partial charge is 0.481 e. The zero-order chi connectivity index (χ0) is 19.1. The highest BCUT2D eigenvalue weighted by atomic mass is 19.4. The van der Waals surface area contributed by atoms with Gasteiger partial charge < -0.3 is 10.0 Å². The smallest absolute Gasteiger partial charge is 0.433 e. The van der Waals surface area contributed by atoms with E-state index in [-0.39, 0.29) is 32.1 Å². The molecule has 3 rings (SSSR count). The summed E-state index contributed by atoms with van der Waals surface area (Å²) in [5.41, 5.74) is -1.63. The molecular weight excluding hydrogens is 351 g/mol. The highest BCUT2D eigenvalue weighted by Gasteiger charge is 2.61. The molecule has 1 aromatic heterocycles. The van der Waals surface area contributed by atoms with E-state index < -0.39 is 29.2 Å². The molecule has 0 spiro atoms. The van der Waals surface area contributed by atoms with Crippen LogP contribution in [0.25, 0.3) is 0 Å². The minimum Gasteiger partial charge on any atom is -0.481 e. The lowest BCUT2D eigenvalue weighted by Crippen LogP contribution is -2.40. The van der Waals surface area contributed by atoms with Crippen LogP contribution in [0.2, 0.25) is 0 Å². The standard InChI is InChI=1S/C17H18F3N3O3/c1-2-5-23-10-16(15(25)26)9-22(8-12(16)14(23)24)7-11-3-4-13(21-6-11)17(18,19)20/h2-4,6,12H,1,5,7-10H2,(H,25,26)/t12-,16-/m0/s1. The molecule has 2 atom stereocenters. The minimum absolute atomic E-state index is 0.111. The Bertz CT molecular complexity index is 735. The first-order valence-corrected chi connectivity index (χ1v) is 8.05. The number of hydrogen-bond acceptors (Lipinski definition) is 4. The maximum atomic E-state index is 12.6. The van der Waals surface area contributed by atoms with Crippen LogP contribution in [0.1, 0.15) is 11.3 Å². The molecule has 0 saturated carbocycles. The van der Waals surface area contributed by atoms with Gasteiger partial charge in [0.15, 0.2) is 0 Å². The van der Waals surface area contributed by atoms with Gasteiger partial charge in [-0.15, -0.1) is 6.58 Å². The molecule has 9 heteroatoms. The number of carboxylic acids is 1. The van der Waals surface area contributed by atoms with Gasteiger partial charge in [-0.1, -0.05) is 12.1 Å². The second-order valence-corrected chi connectivity index (χ2v) is 6.74. The summed E-state index contributed by atoms with van der Waals surface area (Å²) in [6.07, 6.45) is -1.81. The molecular formula is C17H18F3N3O3. The Morgan fingerprint density at radius 3 is 2.65 bits per heavy atom. The van der Waals surface area contributed by atoms with Crippen molar-refractivity contribution >= 4 is 11.9 Å². The fourth-order valence-electron chi connectivity index (χ4n) is 3.78. The van der Waals surface area contributed by atoms with Crippen molar-refractivity contribution in [3.05, 3.63) is 42.2 Å². The summed E-state index contributed by atoms with van der Waals surface area (Å²) in [4.78, 5) is 31.1. The molecule has 0 aliphatic carbocycles. The van der Waals surface area contributed by atoms with Gasteiger partial charge in [-0.2, -0.15) is 13.2 Å². The second kappa shape index (κ2) is 6.39. The molecule has 0 radical (unpaired) electrons. The number of hydrogen-bond donors (Lipinski definition) is 1. The predicted octanol–water partition coefficient (Wildman–Crippen LogP) is 1.63. The maximum absolute atomic E-state index is 12.6. The number of likely N-dealkylation sites (tertiary alicyclic amines) is 2. The van der Waals surface area contributed by atoms with Gasteiger partial charge >= 0.3 is 12.1 Å². The van der Waals surface area contributed by atoms with Gasteiger partial charge in [0, 0.05) is 38.9 Å². The molecule has 2 aliphatic heterocycles. The number of carboxylic acid groups (broad SMARTS) is 1. The van der Waals surface area contributed by atoms with Crippen LogP contribution in [-0.4, -0.2) is 57.9 Å². The normalized spacial score (nSPS) is 26.2. The Morgan fingerprint density at radius 1 is 1.42 bits per heavy atom. The van der Waals surface area contributed by atoms with Gasteiger partial charge in [-0.05, 0) is 11.6 Å². The van der Waals surface area contributed by atoms with Crippen molar-refractivity contribution in [1.29, 1.82) is 0 Å². The number of carbonyl (C=O) groups is 2. The Kier molecular flexibility index (Phi) is 4.51. The maximum Gasteiger partial charge on any atom is 0.433 e. The Morgan fingerprint density at radius 2 is 2.15 bits per heavy atom. The van der Waals surface area contributed by atoms with Gasteiger partial charge in [-0.25, -0.2) is 0 Å². The number of pyridine rings is 1. The van der Waals surface area contributed by atoms with Gasteiger partial charge in [0.25, 0.3) is 0 Å². The van der Waals surface area contributed by atoms with Crippen LogP contribution in [0.3, 0.4) is 0 Å². The molecule has 0 aromatic carbocycles. The number of rotatable bonds is 5. The molecule has 1 N–H and O–H groups in total. The van der Waals surface area contributed by atoms with E-state index in [0.29, 0.717) is 12.1 Å². The molecule has 2 fully saturated rings. The molecule has 2 aliphatic rings. The summed E-state index contributed by atoms with van der Waals surface area (Å²) in [6.45, 7) is 4.64. The molecule has 1 amide bonds. The molecule has 2 saturated heterocycles. The van der Waals surface area contributed by atoms with Gasteiger partial charge in [0.05, 0.1) is 5.92 Å². The van der Waals surface area contributed by atoms with E-state index >= 15 is 0 Å². The lowest BCUT2D eigenvalue weighted by Gasteiger charge is -2.24. The van der Waals surface area contributed by atoms with Crippen molar-refractivity contribution in [2.24, 2.45) is 11.3 Å². The SMILES string of the molecule is C=CCN1C[C@@]2(C(=O)O)CN(Cc3ccc(C(F)(F)F)nc3)C[C@H]2C1=O. The quantitative estimate of drug-likeness (QED) is 0.799. The zero-order valence-electron chi connectivity index (χ0n) is 13.9. The first-order valence-electron chi connectivity index (χ1n) is 8.05. The fraction of sp³-hybridized carbons (Fsp3) is 0.471. The van der Waals surface area contributed by atoms with Crippen LogP contribution in [0, 0.1) is 11.3 Å². The minimum atomic E-state index is -4.50. The van der Waals surface area contributed by atoms with Gasteiger partial charge in [-0.3, -0.25) is 19.5 Å². The van der Waals surface area contributed by atoms with E-state index in [1.807, 2.05) is 0 Å². The van der Waals surface area contributed by atoms with Gasteiger partial charge in [0.2, 0.25) is 5.91 Å². The van der Waals surface area contributed by atoms with Crippen molar-refractivity contribution < 1.29 is 27.9 Å². The number of amides is 1. The average molecular weight is 369 g/mol. The molecule has 140 valence electrons.